The lowest BCUT2D eigenvalue weighted by atomic mass is 10.1. The van der Waals surface area contributed by atoms with Gasteiger partial charge in [-0.2, -0.15) is 0 Å². The highest BCUT2D eigenvalue weighted by molar-refractivity contribution is 5.46. The van der Waals surface area contributed by atoms with Gasteiger partial charge in [-0.05, 0) is 18.1 Å². The first kappa shape index (κ1) is 7.09. The van der Waals surface area contributed by atoms with Gasteiger partial charge in [0.15, 0.2) is 0 Å². The smallest absolute Gasteiger partial charge is 0.0472 e. The number of aliphatic hydroxyl groups excluding tert-OH is 1. The van der Waals surface area contributed by atoms with Crippen molar-refractivity contribution >= 4 is 5.69 Å². The van der Waals surface area contributed by atoms with Crippen molar-refractivity contribution in [2.45, 2.75) is 6.42 Å². The van der Waals surface area contributed by atoms with Crippen LogP contribution in [0.25, 0.3) is 0 Å². The number of para-hydroxylation sites is 1. The quantitative estimate of drug-likeness (QED) is 0.592. The summed E-state index contributed by atoms with van der Waals surface area (Å²) in [6.07, 6.45) is 0.646. The second kappa shape index (κ2) is 3.22. The van der Waals surface area contributed by atoms with E-state index in [1.807, 2.05) is 24.3 Å². The first-order valence-electron chi connectivity index (χ1n) is 3.29. The summed E-state index contributed by atoms with van der Waals surface area (Å²) in [5.74, 6) is 0. The molecule has 0 spiro atoms. The minimum absolute atomic E-state index is 0.161. The van der Waals surface area contributed by atoms with E-state index in [-0.39, 0.29) is 6.61 Å². The summed E-state index contributed by atoms with van der Waals surface area (Å²) >= 11 is 0. The molecule has 2 nitrogen and oxygen atoms in total. The standard InChI is InChI=1S/C8H11NO/c9-8-4-2-1-3-7(8)5-6-10/h1-4,10H,5-6,9H2. The molecule has 1 rings (SSSR count). The van der Waals surface area contributed by atoms with E-state index in [4.69, 9.17) is 10.8 Å². The van der Waals surface area contributed by atoms with Gasteiger partial charge in [0.2, 0.25) is 0 Å². The lowest BCUT2D eigenvalue weighted by Gasteiger charge is -2.00. The molecule has 0 aliphatic carbocycles. The largest absolute Gasteiger partial charge is 0.399 e. The molecule has 0 aliphatic heterocycles. The third-order valence-electron chi connectivity index (χ3n) is 1.44. The minimum atomic E-state index is 0.161. The molecule has 1 aromatic carbocycles. The number of nitrogen functional groups attached to an aromatic ring is 1. The summed E-state index contributed by atoms with van der Waals surface area (Å²) in [4.78, 5) is 0. The molecule has 0 heterocycles. The molecule has 3 N–H and O–H groups in total. The predicted molar refractivity (Wildman–Crippen MR) is 41.6 cm³/mol. The van der Waals surface area contributed by atoms with Crippen molar-refractivity contribution in [1.82, 2.24) is 0 Å². The molecule has 0 fully saturated rings. The second-order valence-electron chi connectivity index (χ2n) is 2.17. The van der Waals surface area contributed by atoms with Crippen LogP contribution < -0.4 is 5.73 Å². The molecule has 1 aromatic rings. The fraction of sp³-hybridized carbons (Fsp3) is 0.250. The van der Waals surface area contributed by atoms with Crippen molar-refractivity contribution in [3.05, 3.63) is 29.8 Å². The highest BCUT2D eigenvalue weighted by Gasteiger charge is 1.93. The molecule has 0 aromatic heterocycles. The number of anilines is 1. The van der Waals surface area contributed by atoms with Crippen LogP contribution in [0.3, 0.4) is 0 Å². The van der Waals surface area contributed by atoms with Gasteiger partial charge in [-0.25, -0.2) is 0 Å². The van der Waals surface area contributed by atoms with Crippen molar-refractivity contribution in [3.8, 4) is 0 Å². The van der Waals surface area contributed by atoms with Crippen LogP contribution in [0.4, 0.5) is 5.69 Å². The number of rotatable bonds is 2. The second-order valence-corrected chi connectivity index (χ2v) is 2.17. The van der Waals surface area contributed by atoms with Crippen LogP contribution in [-0.2, 0) is 6.42 Å². The molecule has 0 saturated heterocycles. The SMILES string of the molecule is Nc1ccccc1CCO. The van der Waals surface area contributed by atoms with Gasteiger partial charge in [-0.1, -0.05) is 18.2 Å². The lowest BCUT2D eigenvalue weighted by molar-refractivity contribution is 0.300. The van der Waals surface area contributed by atoms with Crippen LogP contribution in [-0.4, -0.2) is 11.7 Å². The Morgan fingerprint density at radius 3 is 2.60 bits per heavy atom. The van der Waals surface area contributed by atoms with Crippen molar-refractivity contribution in [3.63, 3.8) is 0 Å². The highest BCUT2D eigenvalue weighted by Crippen LogP contribution is 2.09. The van der Waals surface area contributed by atoms with E-state index in [1.54, 1.807) is 0 Å². The summed E-state index contributed by atoms with van der Waals surface area (Å²) < 4.78 is 0. The van der Waals surface area contributed by atoms with Crippen LogP contribution in [0, 0.1) is 0 Å². The zero-order valence-electron chi connectivity index (χ0n) is 5.75. The Balaban J connectivity index is 2.81. The van der Waals surface area contributed by atoms with Gasteiger partial charge in [0.05, 0.1) is 0 Å². The molecular formula is C8H11NO. The van der Waals surface area contributed by atoms with Gasteiger partial charge in [-0.15, -0.1) is 0 Å². The maximum atomic E-state index is 8.59. The molecule has 10 heavy (non-hydrogen) atoms. The van der Waals surface area contributed by atoms with Gasteiger partial charge in [0, 0.05) is 12.3 Å². The number of nitrogens with two attached hydrogens (primary N) is 1. The summed E-state index contributed by atoms with van der Waals surface area (Å²) in [6, 6.07) is 7.56. The molecule has 2 heteroatoms. The predicted octanol–water partition coefficient (Wildman–Crippen LogP) is 0.804. The highest BCUT2D eigenvalue weighted by atomic mass is 16.2. The van der Waals surface area contributed by atoms with Gasteiger partial charge in [0.1, 0.15) is 0 Å². The molecule has 0 unspecified atom stereocenters. The van der Waals surface area contributed by atoms with Gasteiger partial charge in [0.25, 0.3) is 0 Å². The van der Waals surface area contributed by atoms with Crippen LogP contribution in [0.15, 0.2) is 24.3 Å². The summed E-state index contributed by atoms with van der Waals surface area (Å²) in [7, 11) is 0. The van der Waals surface area contributed by atoms with Crippen LogP contribution in [0.2, 0.25) is 0 Å². The maximum Gasteiger partial charge on any atom is 0.0472 e. The Bertz CT molecular complexity index is 210. The zero-order chi connectivity index (χ0) is 7.40. The first-order chi connectivity index (χ1) is 4.84. The Labute approximate surface area is 60.3 Å². The number of benzene rings is 1. The Morgan fingerprint density at radius 1 is 1.30 bits per heavy atom. The lowest BCUT2D eigenvalue weighted by Crippen LogP contribution is -1.96. The molecule has 0 amide bonds. The Morgan fingerprint density at radius 2 is 2.00 bits per heavy atom. The van der Waals surface area contributed by atoms with E-state index in [1.165, 1.54) is 0 Å². The van der Waals surface area contributed by atoms with Gasteiger partial charge < -0.3 is 10.8 Å². The normalized spacial score (nSPS) is 9.70. The summed E-state index contributed by atoms with van der Waals surface area (Å²) in [6.45, 7) is 0.161. The topological polar surface area (TPSA) is 46.2 Å². The zero-order valence-corrected chi connectivity index (χ0v) is 5.75. The molecule has 0 aliphatic rings. The van der Waals surface area contributed by atoms with Crippen molar-refractivity contribution in [1.29, 1.82) is 0 Å². The van der Waals surface area contributed by atoms with E-state index >= 15 is 0 Å². The van der Waals surface area contributed by atoms with Crippen molar-refractivity contribution in [2.75, 3.05) is 12.3 Å². The fourth-order valence-corrected chi connectivity index (χ4v) is 0.882. The van der Waals surface area contributed by atoms with Crippen molar-refractivity contribution in [2.24, 2.45) is 0 Å². The molecule has 0 bridgehead atoms. The third-order valence-corrected chi connectivity index (χ3v) is 1.44. The number of hydrogen-bond acceptors (Lipinski definition) is 2. The van der Waals surface area contributed by atoms with Crippen LogP contribution in [0.1, 0.15) is 5.56 Å². The average molecular weight is 137 g/mol. The van der Waals surface area contributed by atoms with E-state index in [9.17, 15) is 0 Å². The summed E-state index contributed by atoms with van der Waals surface area (Å²) in [5, 5.41) is 8.59. The molecule has 0 radical (unpaired) electrons. The van der Waals surface area contributed by atoms with E-state index < -0.39 is 0 Å². The number of aliphatic hydroxyl groups is 1. The summed E-state index contributed by atoms with van der Waals surface area (Å²) in [5.41, 5.74) is 7.37. The van der Waals surface area contributed by atoms with Crippen LogP contribution >= 0.6 is 0 Å². The Kier molecular flexibility index (Phi) is 2.29. The van der Waals surface area contributed by atoms with E-state index in [2.05, 4.69) is 0 Å². The average Bonchev–Trinajstić information content (AvgIpc) is 1.94. The molecule has 0 atom stereocenters. The monoisotopic (exact) mass is 137 g/mol. The van der Waals surface area contributed by atoms with E-state index in [0.717, 1.165) is 11.3 Å². The third kappa shape index (κ3) is 1.48. The molecule has 54 valence electrons. The minimum Gasteiger partial charge on any atom is -0.399 e. The first-order valence-corrected chi connectivity index (χ1v) is 3.29. The van der Waals surface area contributed by atoms with E-state index in [0.29, 0.717) is 6.42 Å². The van der Waals surface area contributed by atoms with Crippen LogP contribution in [0.5, 0.6) is 0 Å². The maximum absolute atomic E-state index is 8.59. The van der Waals surface area contributed by atoms with Crippen molar-refractivity contribution < 1.29 is 5.11 Å². The van der Waals surface area contributed by atoms with Gasteiger partial charge in [-0.3, -0.25) is 0 Å². The fourth-order valence-electron chi connectivity index (χ4n) is 0.882. The number of hydrogen-bond donors (Lipinski definition) is 2. The van der Waals surface area contributed by atoms with Gasteiger partial charge >= 0.3 is 0 Å². The Hall–Kier alpha value is -1.02. The molecule has 0 saturated carbocycles. The molecular weight excluding hydrogens is 126 g/mol.